The van der Waals surface area contributed by atoms with Crippen molar-refractivity contribution in [2.24, 2.45) is 0 Å². The minimum Gasteiger partial charge on any atom is -0.384 e. The molecule has 0 aliphatic heterocycles. The smallest absolute Gasteiger partial charge is 0.200 e. The molecule has 0 bridgehead atoms. The predicted octanol–water partition coefficient (Wildman–Crippen LogP) is 3.10. The number of hydrogen-bond donors (Lipinski definition) is 2. The van der Waals surface area contributed by atoms with E-state index in [1.54, 1.807) is 0 Å². The van der Waals surface area contributed by atoms with E-state index in [1.807, 2.05) is 5.32 Å². The first-order valence-corrected chi connectivity index (χ1v) is 4.92. The Balaban J connectivity index is 2.52. The molecule has 100 valence electrons. The van der Waals surface area contributed by atoms with Crippen molar-refractivity contribution in [2.75, 3.05) is 11.1 Å². The maximum absolute atomic E-state index is 13.3. The Bertz CT molecular complexity index is 615. The lowest BCUT2D eigenvalue weighted by Crippen LogP contribution is -2.07. The normalized spacial score (nSPS) is 10.6. The summed E-state index contributed by atoms with van der Waals surface area (Å²) in [6.07, 6.45) is 0. The zero-order valence-corrected chi connectivity index (χ0v) is 9.15. The maximum atomic E-state index is 13.3. The summed E-state index contributed by atoms with van der Waals surface area (Å²) in [5.41, 5.74) is 4.14. The van der Waals surface area contributed by atoms with E-state index in [-0.39, 0.29) is 11.6 Å². The van der Waals surface area contributed by atoms with Crippen LogP contribution in [0.1, 0.15) is 0 Å². The summed E-state index contributed by atoms with van der Waals surface area (Å²) in [7, 11) is 0. The molecule has 1 heterocycles. The molecule has 1 aromatic heterocycles. The lowest BCUT2D eigenvalue weighted by Gasteiger charge is -2.10. The second-order valence-corrected chi connectivity index (χ2v) is 3.52. The quantitative estimate of drug-likeness (QED) is 0.503. The van der Waals surface area contributed by atoms with Crippen LogP contribution in [0.2, 0.25) is 0 Å². The van der Waals surface area contributed by atoms with Gasteiger partial charge in [0.25, 0.3) is 0 Å². The highest BCUT2D eigenvalue weighted by molar-refractivity contribution is 5.59. The summed E-state index contributed by atoms with van der Waals surface area (Å²) < 4.78 is 65.4. The first kappa shape index (κ1) is 13.1. The number of pyridine rings is 1. The summed E-state index contributed by atoms with van der Waals surface area (Å²) in [4.78, 5) is 3.63. The molecule has 2 rings (SSSR count). The number of anilines is 3. The van der Waals surface area contributed by atoms with Crippen molar-refractivity contribution in [3.63, 3.8) is 0 Å². The van der Waals surface area contributed by atoms with Gasteiger partial charge in [-0.05, 0) is 12.1 Å². The van der Waals surface area contributed by atoms with E-state index in [4.69, 9.17) is 5.73 Å². The Morgan fingerprint density at radius 3 is 1.89 bits per heavy atom. The summed E-state index contributed by atoms with van der Waals surface area (Å²) in [6.45, 7) is 0. The minimum atomic E-state index is -2.22. The van der Waals surface area contributed by atoms with Gasteiger partial charge in [0.05, 0.1) is 0 Å². The Morgan fingerprint density at radius 1 is 0.842 bits per heavy atom. The van der Waals surface area contributed by atoms with Gasteiger partial charge in [0.2, 0.25) is 5.82 Å². The van der Waals surface area contributed by atoms with Crippen LogP contribution >= 0.6 is 0 Å². The number of nitrogens with one attached hydrogen (secondary N) is 1. The van der Waals surface area contributed by atoms with E-state index in [1.165, 1.54) is 18.2 Å². The Morgan fingerprint density at radius 2 is 1.37 bits per heavy atom. The second kappa shape index (κ2) is 4.71. The van der Waals surface area contributed by atoms with E-state index in [0.29, 0.717) is 0 Å². The fourth-order valence-electron chi connectivity index (χ4n) is 1.36. The standard InChI is InChI=1S/C11H6F5N3/c12-6-7(13)9(15)11(10(16)8(6)14)19-5-3-1-2-4(17)18-5/h1-3H,(H3,17,18,19). The highest BCUT2D eigenvalue weighted by Crippen LogP contribution is 2.29. The summed E-state index contributed by atoms with van der Waals surface area (Å²) in [5.74, 6) is -10.4. The third kappa shape index (κ3) is 2.28. The molecule has 0 spiro atoms. The lowest BCUT2D eigenvalue weighted by molar-refractivity contribution is 0.382. The van der Waals surface area contributed by atoms with Crippen molar-refractivity contribution in [3.05, 3.63) is 47.3 Å². The van der Waals surface area contributed by atoms with Crippen LogP contribution < -0.4 is 11.1 Å². The molecule has 0 atom stereocenters. The number of nitrogens with zero attached hydrogens (tertiary/aromatic N) is 1. The number of nitrogen functional groups attached to an aromatic ring is 1. The fraction of sp³-hybridized carbons (Fsp3) is 0. The summed E-state index contributed by atoms with van der Waals surface area (Å²) in [6, 6.07) is 4.05. The summed E-state index contributed by atoms with van der Waals surface area (Å²) in [5, 5.41) is 2.00. The molecule has 0 radical (unpaired) electrons. The molecule has 3 nitrogen and oxygen atoms in total. The number of rotatable bonds is 2. The molecule has 0 aliphatic rings. The van der Waals surface area contributed by atoms with Gasteiger partial charge in [0, 0.05) is 0 Å². The van der Waals surface area contributed by atoms with Crippen molar-refractivity contribution < 1.29 is 22.0 Å². The van der Waals surface area contributed by atoms with Crippen LogP contribution in [0.15, 0.2) is 18.2 Å². The van der Waals surface area contributed by atoms with Crippen LogP contribution in [0.4, 0.5) is 39.3 Å². The Hall–Kier alpha value is -2.38. The molecule has 19 heavy (non-hydrogen) atoms. The van der Waals surface area contributed by atoms with Crippen LogP contribution in [0, 0.1) is 29.1 Å². The molecule has 0 saturated carbocycles. The number of aromatic nitrogens is 1. The molecule has 0 saturated heterocycles. The third-order valence-electron chi connectivity index (χ3n) is 2.23. The van der Waals surface area contributed by atoms with Gasteiger partial charge in [-0.2, -0.15) is 0 Å². The van der Waals surface area contributed by atoms with Crippen LogP contribution in [-0.2, 0) is 0 Å². The molecule has 0 amide bonds. The van der Waals surface area contributed by atoms with E-state index in [0.717, 1.165) is 0 Å². The van der Waals surface area contributed by atoms with Gasteiger partial charge >= 0.3 is 0 Å². The SMILES string of the molecule is Nc1cccc(Nc2c(F)c(F)c(F)c(F)c2F)n1. The van der Waals surface area contributed by atoms with Gasteiger partial charge in [-0.1, -0.05) is 6.07 Å². The molecule has 1 aromatic carbocycles. The molecule has 0 fully saturated rings. The summed E-state index contributed by atoms with van der Waals surface area (Å²) >= 11 is 0. The van der Waals surface area contributed by atoms with Crippen molar-refractivity contribution in [1.29, 1.82) is 0 Å². The van der Waals surface area contributed by atoms with E-state index in [9.17, 15) is 22.0 Å². The highest BCUT2D eigenvalue weighted by Gasteiger charge is 2.25. The van der Waals surface area contributed by atoms with Crippen LogP contribution in [0.5, 0.6) is 0 Å². The predicted molar refractivity (Wildman–Crippen MR) is 58.2 cm³/mol. The Kier molecular flexibility index (Phi) is 3.24. The molecular weight excluding hydrogens is 269 g/mol. The third-order valence-corrected chi connectivity index (χ3v) is 2.23. The number of nitrogens with two attached hydrogens (primary N) is 1. The van der Waals surface area contributed by atoms with E-state index >= 15 is 0 Å². The highest BCUT2D eigenvalue weighted by atomic mass is 19.2. The monoisotopic (exact) mass is 275 g/mol. The molecule has 2 aromatic rings. The largest absolute Gasteiger partial charge is 0.384 e. The minimum absolute atomic E-state index is 0.0221. The average molecular weight is 275 g/mol. The van der Waals surface area contributed by atoms with Crippen LogP contribution in [0.25, 0.3) is 0 Å². The molecule has 3 N–H and O–H groups in total. The van der Waals surface area contributed by atoms with Gasteiger partial charge in [-0.25, -0.2) is 26.9 Å². The van der Waals surface area contributed by atoms with Gasteiger partial charge in [-0.15, -0.1) is 0 Å². The topological polar surface area (TPSA) is 50.9 Å². The second-order valence-electron chi connectivity index (χ2n) is 3.52. The molecule has 0 unspecified atom stereocenters. The number of hydrogen-bond acceptors (Lipinski definition) is 3. The van der Waals surface area contributed by atoms with Crippen molar-refractivity contribution >= 4 is 17.3 Å². The number of halogens is 5. The maximum Gasteiger partial charge on any atom is 0.200 e. The van der Waals surface area contributed by atoms with Crippen molar-refractivity contribution in [2.45, 2.75) is 0 Å². The van der Waals surface area contributed by atoms with Crippen LogP contribution in [-0.4, -0.2) is 4.98 Å². The fourth-order valence-corrected chi connectivity index (χ4v) is 1.36. The van der Waals surface area contributed by atoms with E-state index in [2.05, 4.69) is 4.98 Å². The molecule has 0 aliphatic carbocycles. The van der Waals surface area contributed by atoms with Gasteiger partial charge in [-0.3, -0.25) is 0 Å². The zero-order chi connectivity index (χ0) is 14.2. The average Bonchev–Trinajstić information content (AvgIpc) is 2.39. The van der Waals surface area contributed by atoms with Gasteiger partial charge in [0.15, 0.2) is 23.3 Å². The van der Waals surface area contributed by atoms with Crippen molar-refractivity contribution in [3.8, 4) is 0 Å². The van der Waals surface area contributed by atoms with Crippen LogP contribution in [0.3, 0.4) is 0 Å². The first-order valence-electron chi connectivity index (χ1n) is 4.92. The van der Waals surface area contributed by atoms with Crippen molar-refractivity contribution in [1.82, 2.24) is 4.98 Å². The molecular formula is C11H6F5N3. The van der Waals surface area contributed by atoms with Gasteiger partial charge in [0.1, 0.15) is 17.3 Å². The lowest BCUT2D eigenvalue weighted by atomic mass is 10.2. The van der Waals surface area contributed by atoms with Gasteiger partial charge < -0.3 is 11.1 Å². The van der Waals surface area contributed by atoms with E-state index < -0.39 is 34.8 Å². The Labute approximate surface area is 103 Å². The molecule has 8 heteroatoms. The first-order chi connectivity index (χ1) is 8.91. The zero-order valence-electron chi connectivity index (χ0n) is 9.15. The number of benzene rings is 1.